The maximum atomic E-state index is 13.9. The first-order valence-electron chi connectivity index (χ1n) is 28.8. The minimum Gasteiger partial charge on any atom is -0.490 e. The van der Waals surface area contributed by atoms with Crippen LogP contribution in [0.2, 0.25) is 0 Å². The minimum absolute atomic E-state index is 0.122. The van der Waals surface area contributed by atoms with E-state index in [2.05, 4.69) is 37.2 Å². The zero-order valence-corrected chi connectivity index (χ0v) is 48.7. The first-order chi connectivity index (χ1) is 37.1. The Hall–Kier alpha value is -3.76. The molecule has 3 N–H and O–H groups in total. The van der Waals surface area contributed by atoms with Gasteiger partial charge in [0.1, 0.15) is 18.2 Å². The van der Waals surface area contributed by atoms with Crippen molar-refractivity contribution in [3.05, 3.63) is 47.5 Å². The van der Waals surface area contributed by atoms with Gasteiger partial charge in [-0.3, -0.25) is 18.7 Å². The first kappa shape index (κ1) is 67.5. The SMILES string of the molecule is CCCCCCCCOc1ccc(CCC(=O)N[C@H]2[C@@H](OC)O[C@H](COS(=O)(=O)O)[C@@H](OS(=O)(=O)O)[C@@H]2OC(=O)CCc2ccc(OCCCCCCCC)c(OCCCCCCCC)c2)cc1OCCCCCCCC. The van der Waals surface area contributed by atoms with Gasteiger partial charge in [-0.05, 0) is 73.9 Å². The van der Waals surface area contributed by atoms with Crippen LogP contribution >= 0.6 is 0 Å². The van der Waals surface area contributed by atoms with Crippen LogP contribution in [0.15, 0.2) is 36.4 Å². The smallest absolute Gasteiger partial charge is 0.397 e. The highest BCUT2D eigenvalue weighted by Crippen LogP contribution is 2.33. The van der Waals surface area contributed by atoms with E-state index < -0.39 is 69.9 Å². The minimum atomic E-state index is -5.37. The summed E-state index contributed by atoms with van der Waals surface area (Å²) >= 11 is 0. The maximum absolute atomic E-state index is 13.9. The zero-order valence-electron chi connectivity index (χ0n) is 47.0. The van der Waals surface area contributed by atoms with E-state index in [0.717, 1.165) is 95.5 Å². The van der Waals surface area contributed by atoms with Crippen molar-refractivity contribution in [3.63, 3.8) is 0 Å². The molecule has 2 aromatic carbocycles. The van der Waals surface area contributed by atoms with Crippen LogP contribution in [0.3, 0.4) is 0 Å². The number of ether oxygens (including phenoxy) is 7. The van der Waals surface area contributed by atoms with Gasteiger partial charge in [-0.25, -0.2) is 8.37 Å². The lowest BCUT2D eigenvalue weighted by Crippen LogP contribution is -2.66. The monoisotopic (exact) mass is 1130 g/mol. The molecule has 1 amide bonds. The standard InChI is InChI=1S/C57H95NO17S2/c1-6-10-14-18-22-26-38-68-47-34-30-45(42-49(47)70-40-28-24-20-16-12-8-3)32-36-52(59)58-54-56(55(75-77(64,65)66)51(73-57(54)67-5)44-72-76(61,62)63)74-53(60)37-33-46-31-35-48(69-39-27-23-19-15-11-7-2)50(43-46)71-41-29-25-21-17-13-9-4/h30-31,34-35,42-43,51,54-57H,6-29,32-33,36-41,44H2,1-5H3,(H,58,59)(H,61,62,63)(H,64,65,66)/t51-,54-,55-,56-,57+/m1/s1. The van der Waals surface area contributed by atoms with Crippen molar-refractivity contribution in [2.75, 3.05) is 40.1 Å². The largest absolute Gasteiger partial charge is 0.490 e. The molecule has 1 fully saturated rings. The van der Waals surface area contributed by atoms with E-state index in [-0.39, 0.29) is 25.7 Å². The van der Waals surface area contributed by atoms with Crippen LogP contribution in [0.4, 0.5) is 0 Å². The summed E-state index contributed by atoms with van der Waals surface area (Å²) in [5.74, 6) is 0.845. The molecule has 5 atom stereocenters. The van der Waals surface area contributed by atoms with E-state index in [0.29, 0.717) is 55.0 Å². The molecule has 0 aromatic heterocycles. The number of benzene rings is 2. The molecule has 3 rings (SSSR count). The molecule has 1 saturated heterocycles. The molecular weight excluding hydrogens is 1030 g/mol. The second-order valence-corrected chi connectivity index (χ2v) is 22.2. The quantitative estimate of drug-likeness (QED) is 0.0317. The lowest BCUT2D eigenvalue weighted by molar-refractivity contribution is -0.261. The van der Waals surface area contributed by atoms with Crippen LogP contribution in [-0.4, -0.2) is 109 Å². The van der Waals surface area contributed by atoms with E-state index in [1.165, 1.54) is 71.3 Å². The summed E-state index contributed by atoms with van der Waals surface area (Å²) < 4.78 is 119. The van der Waals surface area contributed by atoms with Gasteiger partial charge in [0.25, 0.3) is 0 Å². The Morgan fingerprint density at radius 2 is 0.935 bits per heavy atom. The predicted octanol–water partition coefficient (Wildman–Crippen LogP) is 12.0. The van der Waals surface area contributed by atoms with E-state index in [1.807, 2.05) is 30.3 Å². The summed E-state index contributed by atoms with van der Waals surface area (Å²) in [7, 11) is -9.29. The molecule has 77 heavy (non-hydrogen) atoms. The summed E-state index contributed by atoms with van der Waals surface area (Å²) in [6.45, 7) is 9.72. The number of methoxy groups -OCH3 is 1. The summed E-state index contributed by atoms with van der Waals surface area (Å²) in [5, 5.41) is 2.74. The molecule has 1 aliphatic rings. The van der Waals surface area contributed by atoms with Crippen molar-refractivity contribution in [2.24, 2.45) is 0 Å². The molecule has 20 heteroatoms. The average Bonchev–Trinajstić information content (AvgIpc) is 3.39. The topological polar surface area (TPSA) is 238 Å². The van der Waals surface area contributed by atoms with Crippen LogP contribution in [0.1, 0.15) is 206 Å². The van der Waals surface area contributed by atoms with Crippen LogP contribution in [0, 0.1) is 0 Å². The second-order valence-electron chi connectivity index (χ2n) is 20.1. The van der Waals surface area contributed by atoms with Gasteiger partial charge in [0.2, 0.25) is 5.91 Å². The van der Waals surface area contributed by atoms with Gasteiger partial charge in [0.15, 0.2) is 35.4 Å². The molecule has 2 aromatic rings. The molecule has 1 heterocycles. The number of carbonyl (C=O) groups excluding carboxylic acids is 2. The molecule has 0 spiro atoms. The van der Waals surface area contributed by atoms with Crippen molar-refractivity contribution in [2.45, 2.75) is 238 Å². The third-order valence-electron chi connectivity index (χ3n) is 13.4. The number of unbranched alkanes of at least 4 members (excludes halogenated alkanes) is 20. The lowest BCUT2D eigenvalue weighted by Gasteiger charge is -2.44. The Morgan fingerprint density at radius 3 is 1.34 bits per heavy atom. The Labute approximate surface area is 461 Å². The molecular formula is C57H95NO17S2. The van der Waals surface area contributed by atoms with Gasteiger partial charge in [0, 0.05) is 20.0 Å². The van der Waals surface area contributed by atoms with Crippen LogP contribution < -0.4 is 24.3 Å². The van der Waals surface area contributed by atoms with Gasteiger partial charge in [-0.2, -0.15) is 16.8 Å². The molecule has 0 saturated carbocycles. The third kappa shape index (κ3) is 29.9. The Balaban J connectivity index is 1.83. The number of nitrogens with one attached hydrogen (secondary N) is 1. The highest BCUT2D eigenvalue weighted by molar-refractivity contribution is 7.81. The number of rotatable bonds is 46. The molecule has 442 valence electrons. The van der Waals surface area contributed by atoms with Crippen molar-refractivity contribution in [1.82, 2.24) is 5.32 Å². The van der Waals surface area contributed by atoms with Crippen molar-refractivity contribution in [1.29, 1.82) is 0 Å². The van der Waals surface area contributed by atoms with Gasteiger partial charge >= 0.3 is 26.8 Å². The van der Waals surface area contributed by atoms with Crippen molar-refractivity contribution in [3.8, 4) is 23.0 Å². The van der Waals surface area contributed by atoms with E-state index in [4.69, 9.17) is 37.3 Å². The van der Waals surface area contributed by atoms with Gasteiger partial charge in [-0.15, -0.1) is 0 Å². The number of amides is 1. The highest BCUT2D eigenvalue weighted by Gasteiger charge is 2.52. The fraction of sp³-hybridized carbons (Fsp3) is 0.754. The normalized spacial score (nSPS) is 17.7. The third-order valence-corrected chi connectivity index (χ3v) is 14.3. The summed E-state index contributed by atoms with van der Waals surface area (Å²) in [5.41, 5.74) is 1.47. The number of carbonyl (C=O) groups is 2. The number of hydrogen-bond acceptors (Lipinski definition) is 15. The molecule has 18 nitrogen and oxygen atoms in total. The van der Waals surface area contributed by atoms with E-state index in [1.54, 1.807) is 6.07 Å². The lowest BCUT2D eigenvalue weighted by atomic mass is 9.96. The maximum Gasteiger partial charge on any atom is 0.397 e. The van der Waals surface area contributed by atoms with Crippen LogP contribution in [0.5, 0.6) is 23.0 Å². The van der Waals surface area contributed by atoms with Crippen LogP contribution in [0.25, 0.3) is 0 Å². The Morgan fingerprint density at radius 1 is 0.532 bits per heavy atom. The highest BCUT2D eigenvalue weighted by atomic mass is 32.3. The van der Waals surface area contributed by atoms with E-state index >= 15 is 0 Å². The van der Waals surface area contributed by atoms with Crippen molar-refractivity contribution < 1.29 is 77.1 Å². The number of hydrogen-bond donors (Lipinski definition) is 3. The average molecular weight is 1130 g/mol. The van der Waals surface area contributed by atoms with Gasteiger partial charge in [0.05, 0.1) is 33.0 Å². The first-order valence-corrected chi connectivity index (χ1v) is 31.6. The van der Waals surface area contributed by atoms with Crippen LogP contribution in [-0.2, 0) is 65.8 Å². The van der Waals surface area contributed by atoms with Crippen molar-refractivity contribution >= 4 is 32.7 Å². The fourth-order valence-corrected chi connectivity index (χ4v) is 9.87. The summed E-state index contributed by atoms with van der Waals surface area (Å²) in [6, 6.07) is 9.49. The van der Waals surface area contributed by atoms with Gasteiger partial charge in [-0.1, -0.05) is 168 Å². The Kier molecular flexibility index (Phi) is 34.7. The summed E-state index contributed by atoms with van der Waals surface area (Å²) in [6.07, 6.45) is 19.4. The predicted molar refractivity (Wildman–Crippen MR) is 296 cm³/mol. The van der Waals surface area contributed by atoms with Gasteiger partial charge < -0.3 is 38.5 Å². The molecule has 0 bridgehead atoms. The Bertz CT molecular complexity index is 2140. The molecule has 1 aliphatic heterocycles. The molecule has 0 unspecified atom stereocenters. The second kappa shape index (κ2) is 39.6. The molecule has 0 aliphatic carbocycles. The summed E-state index contributed by atoms with van der Waals surface area (Å²) in [4.78, 5) is 27.8. The zero-order chi connectivity index (χ0) is 56.2. The number of esters is 1. The fourth-order valence-electron chi connectivity index (χ4n) is 9.05. The molecule has 0 radical (unpaired) electrons. The van der Waals surface area contributed by atoms with E-state index in [9.17, 15) is 35.5 Å². The number of aryl methyl sites for hydroxylation is 2.